The van der Waals surface area contributed by atoms with E-state index in [4.69, 9.17) is 0 Å². The van der Waals surface area contributed by atoms with Crippen LogP contribution < -0.4 is 0 Å². The summed E-state index contributed by atoms with van der Waals surface area (Å²) >= 11 is 0. The summed E-state index contributed by atoms with van der Waals surface area (Å²) in [6, 6.07) is 10.4. The van der Waals surface area contributed by atoms with Crippen LogP contribution in [0.1, 0.15) is 31.2 Å². The zero-order valence-electron chi connectivity index (χ0n) is 9.73. The smallest absolute Gasteiger partial charge is 0.0856 e. The molecule has 2 unspecified atom stereocenters. The third-order valence-corrected chi connectivity index (χ3v) is 3.77. The predicted molar refractivity (Wildman–Crippen MR) is 67.3 cm³/mol. The van der Waals surface area contributed by atoms with Gasteiger partial charge in [0.25, 0.3) is 0 Å². The number of rotatable bonds is 3. The highest BCUT2D eigenvalue weighted by atomic mass is 16.3. The molecule has 1 aliphatic rings. The zero-order chi connectivity index (χ0) is 11.4. The molecule has 0 aromatic heterocycles. The second-order valence-corrected chi connectivity index (χ2v) is 4.83. The van der Waals surface area contributed by atoms with Crippen molar-refractivity contribution < 1.29 is 5.11 Å². The molecule has 1 aromatic rings. The molecule has 86 valence electrons. The Hall–Kier alpha value is -1.08. The minimum Gasteiger partial charge on any atom is -0.386 e. The largest absolute Gasteiger partial charge is 0.386 e. The van der Waals surface area contributed by atoms with Crippen LogP contribution in [0, 0.1) is 5.92 Å². The van der Waals surface area contributed by atoms with E-state index in [1.807, 2.05) is 6.07 Å². The summed E-state index contributed by atoms with van der Waals surface area (Å²) in [6.45, 7) is 3.80. The molecule has 2 rings (SSSR count). The van der Waals surface area contributed by atoms with Gasteiger partial charge in [-0.3, -0.25) is 0 Å². The van der Waals surface area contributed by atoms with E-state index >= 15 is 0 Å². The molecule has 2 atom stereocenters. The van der Waals surface area contributed by atoms with E-state index in [1.54, 1.807) is 6.08 Å². The summed E-state index contributed by atoms with van der Waals surface area (Å²) in [7, 11) is 0. The van der Waals surface area contributed by atoms with E-state index in [-0.39, 0.29) is 0 Å². The van der Waals surface area contributed by atoms with Gasteiger partial charge < -0.3 is 5.11 Å². The minimum atomic E-state index is -0.645. The van der Waals surface area contributed by atoms with Crippen LogP contribution in [0.2, 0.25) is 0 Å². The van der Waals surface area contributed by atoms with E-state index in [0.717, 1.165) is 25.7 Å². The lowest BCUT2D eigenvalue weighted by Gasteiger charge is -2.38. The molecule has 0 bridgehead atoms. The topological polar surface area (TPSA) is 20.2 Å². The SMILES string of the molecule is C=CC1(O)CCCCC1Cc1ccccc1. The van der Waals surface area contributed by atoms with Gasteiger partial charge >= 0.3 is 0 Å². The third-order valence-electron chi connectivity index (χ3n) is 3.77. The summed E-state index contributed by atoms with van der Waals surface area (Å²) in [5, 5.41) is 10.5. The van der Waals surface area contributed by atoms with Gasteiger partial charge in [0.05, 0.1) is 5.60 Å². The zero-order valence-corrected chi connectivity index (χ0v) is 9.73. The van der Waals surface area contributed by atoms with Crippen LogP contribution >= 0.6 is 0 Å². The van der Waals surface area contributed by atoms with Crippen LogP contribution in [-0.2, 0) is 6.42 Å². The fourth-order valence-electron chi connectivity index (χ4n) is 2.70. The van der Waals surface area contributed by atoms with Crippen LogP contribution in [0.15, 0.2) is 43.0 Å². The number of aliphatic hydroxyl groups is 1. The first-order valence-corrected chi connectivity index (χ1v) is 6.14. The molecule has 1 N–H and O–H groups in total. The highest BCUT2D eigenvalue weighted by molar-refractivity contribution is 5.17. The molecule has 1 fully saturated rings. The third kappa shape index (κ3) is 2.35. The summed E-state index contributed by atoms with van der Waals surface area (Å²) in [4.78, 5) is 0. The quantitative estimate of drug-likeness (QED) is 0.768. The normalized spacial score (nSPS) is 29.9. The van der Waals surface area contributed by atoms with Gasteiger partial charge in [-0.15, -0.1) is 6.58 Å². The summed E-state index contributed by atoms with van der Waals surface area (Å²) in [6.07, 6.45) is 7.04. The minimum absolute atomic E-state index is 0.334. The van der Waals surface area contributed by atoms with Crippen molar-refractivity contribution in [2.75, 3.05) is 0 Å². The maximum Gasteiger partial charge on any atom is 0.0856 e. The maximum atomic E-state index is 10.5. The molecule has 1 nitrogen and oxygen atoms in total. The molecule has 1 aliphatic carbocycles. The number of benzene rings is 1. The van der Waals surface area contributed by atoms with Crippen LogP contribution in [-0.4, -0.2) is 10.7 Å². The fourth-order valence-corrected chi connectivity index (χ4v) is 2.70. The van der Waals surface area contributed by atoms with Gasteiger partial charge in [0, 0.05) is 0 Å². The Bertz CT molecular complexity index is 344. The molecular weight excluding hydrogens is 196 g/mol. The van der Waals surface area contributed by atoms with Crippen molar-refractivity contribution in [3.8, 4) is 0 Å². The summed E-state index contributed by atoms with van der Waals surface area (Å²) in [5.74, 6) is 0.334. The summed E-state index contributed by atoms with van der Waals surface area (Å²) < 4.78 is 0. The van der Waals surface area contributed by atoms with Crippen molar-refractivity contribution in [1.29, 1.82) is 0 Å². The maximum absolute atomic E-state index is 10.5. The molecule has 16 heavy (non-hydrogen) atoms. The van der Waals surface area contributed by atoms with E-state index in [2.05, 4.69) is 30.8 Å². The average molecular weight is 216 g/mol. The second-order valence-electron chi connectivity index (χ2n) is 4.83. The molecule has 0 aliphatic heterocycles. The van der Waals surface area contributed by atoms with Crippen LogP contribution in [0.4, 0.5) is 0 Å². The molecule has 0 spiro atoms. The van der Waals surface area contributed by atoms with Gasteiger partial charge in [0.1, 0.15) is 0 Å². The average Bonchev–Trinajstić information content (AvgIpc) is 2.34. The second kappa shape index (κ2) is 4.84. The van der Waals surface area contributed by atoms with Gasteiger partial charge in [-0.2, -0.15) is 0 Å². The molecule has 1 heteroatoms. The number of hydrogen-bond acceptors (Lipinski definition) is 1. The lowest BCUT2D eigenvalue weighted by Crippen LogP contribution is -2.39. The first-order valence-electron chi connectivity index (χ1n) is 6.14. The first-order chi connectivity index (χ1) is 7.74. The Morgan fingerprint density at radius 1 is 1.31 bits per heavy atom. The van der Waals surface area contributed by atoms with E-state index < -0.39 is 5.60 Å². The van der Waals surface area contributed by atoms with Crippen molar-refractivity contribution >= 4 is 0 Å². The highest BCUT2D eigenvalue weighted by Crippen LogP contribution is 2.36. The van der Waals surface area contributed by atoms with Crippen molar-refractivity contribution in [3.05, 3.63) is 48.6 Å². The Morgan fingerprint density at radius 2 is 2.06 bits per heavy atom. The molecule has 0 amide bonds. The predicted octanol–water partition coefficient (Wildman–Crippen LogP) is 3.34. The lowest BCUT2D eigenvalue weighted by atomic mass is 9.73. The highest BCUT2D eigenvalue weighted by Gasteiger charge is 2.35. The summed E-state index contributed by atoms with van der Waals surface area (Å²) in [5.41, 5.74) is 0.670. The Labute approximate surface area is 97.8 Å². The standard InChI is InChI=1S/C15H20O/c1-2-15(16)11-7-6-10-14(15)12-13-8-4-3-5-9-13/h2-5,8-9,14,16H,1,6-7,10-12H2. The molecule has 0 radical (unpaired) electrons. The van der Waals surface area contributed by atoms with E-state index in [1.165, 1.54) is 12.0 Å². The first kappa shape index (κ1) is 11.4. The van der Waals surface area contributed by atoms with Gasteiger partial charge in [0.2, 0.25) is 0 Å². The van der Waals surface area contributed by atoms with Gasteiger partial charge in [-0.25, -0.2) is 0 Å². The molecule has 0 saturated heterocycles. The van der Waals surface area contributed by atoms with Crippen LogP contribution in [0.5, 0.6) is 0 Å². The Balaban J connectivity index is 2.10. The molecule has 0 heterocycles. The van der Waals surface area contributed by atoms with Crippen molar-refractivity contribution in [2.45, 2.75) is 37.7 Å². The van der Waals surface area contributed by atoms with Crippen LogP contribution in [0.25, 0.3) is 0 Å². The molecule has 1 aromatic carbocycles. The fraction of sp³-hybridized carbons (Fsp3) is 0.467. The van der Waals surface area contributed by atoms with Crippen molar-refractivity contribution in [2.24, 2.45) is 5.92 Å². The van der Waals surface area contributed by atoms with E-state index in [0.29, 0.717) is 5.92 Å². The van der Waals surface area contributed by atoms with Gasteiger partial charge in [-0.05, 0) is 30.7 Å². The van der Waals surface area contributed by atoms with Gasteiger partial charge in [0.15, 0.2) is 0 Å². The van der Waals surface area contributed by atoms with Crippen molar-refractivity contribution in [1.82, 2.24) is 0 Å². The van der Waals surface area contributed by atoms with Crippen molar-refractivity contribution in [3.63, 3.8) is 0 Å². The van der Waals surface area contributed by atoms with E-state index in [9.17, 15) is 5.11 Å². The lowest BCUT2D eigenvalue weighted by molar-refractivity contribution is -0.00423. The number of hydrogen-bond donors (Lipinski definition) is 1. The van der Waals surface area contributed by atoms with Crippen LogP contribution in [0.3, 0.4) is 0 Å². The Morgan fingerprint density at radius 3 is 2.75 bits per heavy atom. The molecule has 1 saturated carbocycles. The molecular formula is C15H20O. The van der Waals surface area contributed by atoms with Gasteiger partial charge in [-0.1, -0.05) is 49.2 Å². The Kier molecular flexibility index (Phi) is 3.45. The monoisotopic (exact) mass is 216 g/mol.